The minimum absolute atomic E-state index is 0. The van der Waals surface area contributed by atoms with E-state index >= 15 is 0 Å². The summed E-state index contributed by atoms with van der Waals surface area (Å²) in [6.45, 7) is 4.87. The van der Waals surface area contributed by atoms with Crippen molar-refractivity contribution in [2.75, 3.05) is 49.9 Å². The van der Waals surface area contributed by atoms with Gasteiger partial charge >= 0.3 is 24.1 Å². The number of hydrogen-bond donors (Lipinski definition) is 3. The molecule has 2 fully saturated rings. The van der Waals surface area contributed by atoms with Crippen LogP contribution in [0.5, 0.6) is 0 Å². The number of aromatic nitrogens is 6. The Morgan fingerprint density at radius 3 is 1.46 bits per heavy atom. The number of rotatable bonds is 2. The van der Waals surface area contributed by atoms with Crippen LogP contribution in [-0.4, -0.2) is 119 Å². The molecule has 0 unspecified atom stereocenters. The molecule has 0 aliphatic carbocycles. The zero-order valence-corrected chi connectivity index (χ0v) is 33.4. The maximum atomic E-state index is 12.6. The Balaban J connectivity index is 0.000000199. The van der Waals surface area contributed by atoms with Gasteiger partial charge in [-0.15, -0.1) is 24.0 Å². The van der Waals surface area contributed by atoms with Gasteiger partial charge in [-0.25, -0.2) is 34.1 Å². The average molecular weight is 893 g/mol. The molecule has 0 atom stereocenters. The number of carbonyl (C=O) groups is 4. The zero-order chi connectivity index (χ0) is 38.0. The maximum Gasteiger partial charge on any atom is 0.338 e. The minimum Gasteiger partial charge on any atom is -0.324 e. The van der Waals surface area contributed by atoms with E-state index in [1.54, 1.807) is 37.2 Å². The molecule has 0 spiro atoms. The Labute approximate surface area is 351 Å². The number of fused-ring (bicyclic) bond motifs is 2. The first-order valence-corrected chi connectivity index (χ1v) is 18.7. The molecule has 4 aliphatic heterocycles. The molecule has 4 aliphatic rings. The highest BCUT2D eigenvalue weighted by Gasteiger charge is 2.32. The predicted molar refractivity (Wildman–Crippen MR) is 230 cm³/mol. The number of amides is 5. The summed E-state index contributed by atoms with van der Waals surface area (Å²) in [6.07, 6.45) is 19.5. The normalized spacial score (nSPS) is 16.9. The van der Waals surface area contributed by atoms with E-state index in [1.165, 1.54) is 43.8 Å². The Morgan fingerprint density at radius 1 is 0.596 bits per heavy atom. The van der Waals surface area contributed by atoms with Gasteiger partial charge < -0.3 is 30.7 Å². The molecule has 0 saturated carbocycles. The SMILES string of the molecule is C.I.O=C(n1ccnc1)n1ccnc1.O=C1Nc2ccccc2CCN1C1CCN(C(=O)n2ccnc2)CC1.O=C1Nc2ccccc2CCN1C1CCNCC1.[HH]. The molecule has 5 amide bonds. The molecule has 304 valence electrons. The molecule has 57 heavy (non-hydrogen) atoms. The Morgan fingerprint density at radius 2 is 1.02 bits per heavy atom. The fraction of sp³-hybridized carbons (Fsp3) is 0.375. The van der Waals surface area contributed by atoms with Gasteiger partial charge in [0.1, 0.15) is 19.0 Å². The van der Waals surface area contributed by atoms with Crippen molar-refractivity contribution in [3.8, 4) is 0 Å². The quantitative estimate of drug-likeness (QED) is 0.173. The lowest BCUT2D eigenvalue weighted by Gasteiger charge is -2.37. The molecule has 2 saturated heterocycles. The van der Waals surface area contributed by atoms with E-state index in [1.807, 2.05) is 51.1 Å². The molecule has 16 nitrogen and oxygen atoms in total. The standard InChI is InChI=1S/C18H21N5O2.C14H19N3O.C7H6N4O.CH4.HI.H2/c24-17-20-16-4-2-1-3-14(16)5-11-23(17)15-6-9-21(10-7-15)18(25)22-12-8-19-13-22;18-14-16-13-4-2-1-3-11(13)7-10-17(14)12-5-8-15-9-6-12;12-7(10-3-1-8-5-10)11-4-2-9-6-11;;;/h1-4,8,12-13,15H,5-7,9-11H2,(H,20,24);1-4,12,15H,5-10H2,(H,16,18);1-6H;1H4;2*1H. The van der Waals surface area contributed by atoms with Crippen molar-refractivity contribution < 1.29 is 20.6 Å². The number of nitrogens with zero attached hydrogens (tertiary/aromatic N) is 9. The van der Waals surface area contributed by atoms with Crippen LogP contribution < -0.4 is 16.0 Å². The van der Waals surface area contributed by atoms with Crippen LogP contribution in [-0.2, 0) is 12.8 Å². The fourth-order valence-electron chi connectivity index (χ4n) is 7.38. The van der Waals surface area contributed by atoms with Crippen molar-refractivity contribution in [1.29, 1.82) is 0 Å². The molecule has 0 radical (unpaired) electrons. The van der Waals surface area contributed by atoms with Crippen molar-refractivity contribution in [2.45, 2.75) is 58.0 Å². The van der Waals surface area contributed by atoms with E-state index in [0.29, 0.717) is 25.7 Å². The number of anilines is 2. The number of likely N-dealkylation sites (tertiary alicyclic amines) is 1. The van der Waals surface area contributed by atoms with Crippen LogP contribution in [0.2, 0.25) is 0 Å². The number of urea groups is 2. The summed E-state index contributed by atoms with van der Waals surface area (Å²) < 4.78 is 4.25. The topological polar surface area (TPSA) is 168 Å². The van der Waals surface area contributed by atoms with Gasteiger partial charge in [-0.2, -0.15) is 0 Å². The number of hydrogen-bond acceptors (Lipinski definition) is 8. The summed E-state index contributed by atoms with van der Waals surface area (Å²) in [6, 6.07) is 16.4. The minimum atomic E-state index is -0.190. The van der Waals surface area contributed by atoms with Crippen LogP contribution in [0.1, 0.15) is 45.7 Å². The number of para-hydroxylation sites is 2. The Kier molecular flexibility index (Phi) is 15.4. The third kappa shape index (κ3) is 10.6. The average Bonchev–Trinajstić information content (AvgIpc) is 4.03. The van der Waals surface area contributed by atoms with Gasteiger partial charge in [0.05, 0.1) is 0 Å². The second-order valence-electron chi connectivity index (χ2n) is 13.7. The van der Waals surface area contributed by atoms with Gasteiger partial charge in [0, 0.05) is 88.2 Å². The summed E-state index contributed by atoms with van der Waals surface area (Å²) in [4.78, 5) is 65.9. The second kappa shape index (κ2) is 20.6. The predicted octanol–water partition coefficient (Wildman–Crippen LogP) is 6.33. The van der Waals surface area contributed by atoms with Crippen molar-refractivity contribution in [3.63, 3.8) is 0 Å². The monoisotopic (exact) mass is 892 g/mol. The van der Waals surface area contributed by atoms with E-state index in [-0.39, 0.29) is 63.0 Å². The molecule has 3 N–H and O–H groups in total. The number of halogens is 1. The number of piperidine rings is 2. The van der Waals surface area contributed by atoms with Crippen molar-refractivity contribution in [2.24, 2.45) is 0 Å². The first-order valence-electron chi connectivity index (χ1n) is 18.7. The molecule has 17 heteroatoms. The summed E-state index contributed by atoms with van der Waals surface area (Å²) in [5.74, 6) is 0. The van der Waals surface area contributed by atoms with E-state index in [9.17, 15) is 19.2 Å². The van der Waals surface area contributed by atoms with E-state index in [4.69, 9.17) is 0 Å². The number of nitrogens with one attached hydrogen (secondary N) is 3. The van der Waals surface area contributed by atoms with Crippen LogP contribution in [0.15, 0.2) is 105 Å². The highest BCUT2D eigenvalue weighted by Crippen LogP contribution is 2.25. The maximum absolute atomic E-state index is 12.6. The number of imidazole rings is 3. The smallest absolute Gasteiger partial charge is 0.324 e. The summed E-state index contributed by atoms with van der Waals surface area (Å²) in [7, 11) is 0. The third-order valence-electron chi connectivity index (χ3n) is 10.4. The van der Waals surface area contributed by atoms with Gasteiger partial charge in [0.15, 0.2) is 0 Å². The first kappa shape index (κ1) is 42.6. The van der Waals surface area contributed by atoms with E-state index in [2.05, 4.69) is 43.0 Å². The molecule has 0 bridgehead atoms. The van der Waals surface area contributed by atoms with Gasteiger partial charge in [0.25, 0.3) is 0 Å². The lowest BCUT2D eigenvalue weighted by molar-refractivity contribution is 0.135. The summed E-state index contributed by atoms with van der Waals surface area (Å²) >= 11 is 0. The lowest BCUT2D eigenvalue weighted by atomic mass is 10.0. The van der Waals surface area contributed by atoms with Crippen LogP contribution >= 0.6 is 24.0 Å². The highest BCUT2D eigenvalue weighted by atomic mass is 127. The summed E-state index contributed by atoms with van der Waals surface area (Å²) in [5.41, 5.74) is 4.29. The van der Waals surface area contributed by atoms with Crippen LogP contribution in [0.4, 0.5) is 30.6 Å². The first-order chi connectivity index (χ1) is 26.9. The van der Waals surface area contributed by atoms with Gasteiger partial charge in [-0.3, -0.25) is 13.7 Å². The van der Waals surface area contributed by atoms with Gasteiger partial charge in [-0.1, -0.05) is 43.8 Å². The van der Waals surface area contributed by atoms with E-state index in [0.717, 1.165) is 69.5 Å². The Bertz CT molecular complexity index is 2000. The van der Waals surface area contributed by atoms with Crippen molar-refractivity contribution in [3.05, 3.63) is 116 Å². The Hall–Kier alpha value is -5.56. The van der Waals surface area contributed by atoms with Crippen LogP contribution in [0.3, 0.4) is 0 Å². The molecular weight excluding hydrogens is 839 g/mol. The molecule has 3 aromatic heterocycles. The van der Waals surface area contributed by atoms with Gasteiger partial charge in [0.2, 0.25) is 0 Å². The molecular formula is C40H53IN12O4. The van der Waals surface area contributed by atoms with Gasteiger partial charge in [-0.05, 0) is 74.9 Å². The fourth-order valence-corrected chi connectivity index (χ4v) is 7.38. The molecule has 5 aromatic rings. The molecule has 2 aromatic carbocycles. The molecule has 9 rings (SSSR count). The highest BCUT2D eigenvalue weighted by molar-refractivity contribution is 14.0. The third-order valence-corrected chi connectivity index (χ3v) is 10.4. The zero-order valence-electron chi connectivity index (χ0n) is 31.0. The summed E-state index contributed by atoms with van der Waals surface area (Å²) in [5, 5.41) is 9.40. The number of carbonyl (C=O) groups excluding carboxylic acids is 4. The van der Waals surface area contributed by atoms with Crippen molar-refractivity contribution >= 4 is 59.5 Å². The lowest BCUT2D eigenvalue weighted by Crippen LogP contribution is -2.50. The van der Waals surface area contributed by atoms with Crippen LogP contribution in [0.25, 0.3) is 0 Å². The van der Waals surface area contributed by atoms with Crippen LogP contribution in [0, 0.1) is 0 Å². The number of benzene rings is 2. The molecule has 7 heterocycles. The largest absolute Gasteiger partial charge is 0.338 e. The second-order valence-corrected chi connectivity index (χ2v) is 13.7. The van der Waals surface area contributed by atoms with Crippen molar-refractivity contribution in [1.82, 2.24) is 48.7 Å². The van der Waals surface area contributed by atoms with E-state index < -0.39 is 0 Å².